The van der Waals surface area contributed by atoms with Crippen molar-refractivity contribution in [3.8, 4) is 0 Å². The molecule has 0 bridgehead atoms. The highest BCUT2D eigenvalue weighted by Gasteiger charge is 2.44. The van der Waals surface area contributed by atoms with E-state index in [9.17, 15) is 30.3 Å². The van der Waals surface area contributed by atoms with E-state index < -0.39 is 49.5 Å². The van der Waals surface area contributed by atoms with Gasteiger partial charge in [-0.25, -0.2) is 0 Å². The van der Waals surface area contributed by atoms with Gasteiger partial charge in [0.1, 0.15) is 24.4 Å². The molecule has 1 saturated heterocycles. The molecular weight excluding hydrogens is 827 g/mol. The van der Waals surface area contributed by atoms with Gasteiger partial charge in [0, 0.05) is 6.42 Å². The van der Waals surface area contributed by atoms with E-state index in [-0.39, 0.29) is 12.5 Å². The van der Waals surface area contributed by atoms with Gasteiger partial charge >= 0.3 is 0 Å². The fourth-order valence-corrected chi connectivity index (χ4v) is 8.54. The molecule has 1 aliphatic rings. The maximum Gasteiger partial charge on any atom is 0.220 e. The molecule has 0 aliphatic carbocycles. The van der Waals surface area contributed by atoms with Gasteiger partial charge in [-0.1, -0.05) is 235 Å². The number of aliphatic hydroxyl groups is 5. The second-order valence-corrected chi connectivity index (χ2v) is 19.0. The molecule has 0 aromatic carbocycles. The lowest BCUT2D eigenvalue weighted by atomic mass is 9.99. The second kappa shape index (κ2) is 46.6. The normalized spacial score (nSPS) is 20.3. The van der Waals surface area contributed by atoms with Gasteiger partial charge in [-0.15, -0.1) is 0 Å². The minimum Gasteiger partial charge on any atom is -0.394 e. The largest absolute Gasteiger partial charge is 0.394 e. The van der Waals surface area contributed by atoms with E-state index in [1.165, 1.54) is 141 Å². The molecule has 66 heavy (non-hydrogen) atoms. The zero-order valence-electron chi connectivity index (χ0n) is 42.4. The highest BCUT2D eigenvalue weighted by Crippen LogP contribution is 2.23. The minimum atomic E-state index is -1.55. The van der Waals surface area contributed by atoms with Crippen molar-refractivity contribution in [2.45, 2.75) is 281 Å². The zero-order valence-corrected chi connectivity index (χ0v) is 42.4. The highest BCUT2D eigenvalue weighted by atomic mass is 16.7. The summed E-state index contributed by atoms with van der Waals surface area (Å²) in [4.78, 5) is 13.0. The number of amides is 1. The van der Waals surface area contributed by atoms with E-state index in [2.05, 4.69) is 79.9 Å². The first-order valence-electron chi connectivity index (χ1n) is 27.5. The van der Waals surface area contributed by atoms with Crippen molar-refractivity contribution < 1.29 is 39.8 Å². The van der Waals surface area contributed by atoms with E-state index in [1.54, 1.807) is 0 Å². The lowest BCUT2D eigenvalue weighted by molar-refractivity contribution is -0.302. The van der Waals surface area contributed by atoms with Crippen molar-refractivity contribution >= 4 is 5.91 Å². The fraction of sp³-hybridized carbons (Fsp3) is 0.807. The standard InChI is InChI=1S/C57H103NO8/c1-3-5-7-9-11-13-15-17-18-19-20-21-22-23-24-25-26-27-28-29-30-31-32-33-34-35-37-39-41-43-45-47-53(61)58-50(49-65-57-56(64)55(63)54(62)52(48-59)66-57)51(60)46-44-42-40-38-36-16-14-12-10-8-6-4-2/h5,7,11,13,17-18,20-21,23-24,50-52,54-57,59-60,62-64H,3-4,6,8-10,12,14-16,19,22,25-49H2,1-2H3,(H,58,61)/b7-5-,13-11-,18-17-,21-20-,24-23-. The molecule has 0 aromatic rings. The lowest BCUT2D eigenvalue weighted by Gasteiger charge is -2.40. The van der Waals surface area contributed by atoms with Gasteiger partial charge in [0.15, 0.2) is 6.29 Å². The Bertz CT molecular complexity index is 1220. The first-order valence-corrected chi connectivity index (χ1v) is 27.5. The molecule has 9 heteroatoms. The molecule has 0 aromatic heterocycles. The summed E-state index contributed by atoms with van der Waals surface area (Å²) in [5.41, 5.74) is 0. The fourth-order valence-electron chi connectivity index (χ4n) is 8.54. The Kier molecular flexibility index (Phi) is 43.7. The van der Waals surface area contributed by atoms with Crippen LogP contribution in [0.3, 0.4) is 0 Å². The van der Waals surface area contributed by atoms with Gasteiger partial charge in [-0.05, 0) is 57.8 Å². The number of hydrogen-bond acceptors (Lipinski definition) is 8. The third-order valence-electron chi connectivity index (χ3n) is 12.9. The average Bonchev–Trinajstić information content (AvgIpc) is 3.32. The van der Waals surface area contributed by atoms with E-state index in [0.717, 1.165) is 70.6 Å². The number of ether oxygens (including phenoxy) is 2. The molecule has 0 saturated carbocycles. The molecule has 0 radical (unpaired) electrons. The van der Waals surface area contributed by atoms with Crippen molar-refractivity contribution in [1.29, 1.82) is 0 Å². The third kappa shape index (κ3) is 36.0. The number of unbranched alkanes of at least 4 members (excludes halogenated alkanes) is 26. The summed E-state index contributed by atoms with van der Waals surface area (Å²) in [6.07, 6.45) is 55.3. The maximum atomic E-state index is 13.0. The maximum absolute atomic E-state index is 13.0. The summed E-state index contributed by atoms with van der Waals surface area (Å²) < 4.78 is 11.3. The Balaban J connectivity index is 2.14. The molecule has 6 N–H and O–H groups in total. The predicted molar refractivity (Wildman–Crippen MR) is 276 cm³/mol. The van der Waals surface area contributed by atoms with Crippen LogP contribution in [0.15, 0.2) is 60.8 Å². The molecule has 9 nitrogen and oxygen atoms in total. The third-order valence-corrected chi connectivity index (χ3v) is 12.9. The molecule has 1 heterocycles. The van der Waals surface area contributed by atoms with Crippen LogP contribution in [0.5, 0.6) is 0 Å². The minimum absolute atomic E-state index is 0.138. The number of hydrogen-bond donors (Lipinski definition) is 6. The van der Waals surface area contributed by atoms with Crippen LogP contribution in [0.25, 0.3) is 0 Å². The molecule has 384 valence electrons. The number of aliphatic hydroxyl groups excluding tert-OH is 5. The molecule has 1 aliphatic heterocycles. The summed E-state index contributed by atoms with van der Waals surface area (Å²) in [7, 11) is 0. The quantitative estimate of drug-likeness (QED) is 0.0261. The van der Waals surface area contributed by atoms with Crippen LogP contribution in [-0.4, -0.2) is 87.5 Å². The summed E-state index contributed by atoms with van der Waals surface area (Å²) in [6.45, 7) is 3.72. The van der Waals surface area contributed by atoms with Crippen LogP contribution >= 0.6 is 0 Å². The van der Waals surface area contributed by atoms with Crippen LogP contribution in [0.2, 0.25) is 0 Å². The van der Waals surface area contributed by atoms with Crippen LogP contribution < -0.4 is 5.32 Å². The smallest absolute Gasteiger partial charge is 0.220 e. The number of allylic oxidation sites excluding steroid dienone is 10. The molecule has 0 spiro atoms. The summed E-state index contributed by atoms with van der Waals surface area (Å²) in [5, 5.41) is 54.5. The van der Waals surface area contributed by atoms with E-state index in [1.807, 2.05) is 0 Å². The molecule has 7 atom stereocenters. The second-order valence-electron chi connectivity index (χ2n) is 19.0. The molecule has 1 amide bonds. The van der Waals surface area contributed by atoms with Crippen molar-refractivity contribution in [1.82, 2.24) is 5.32 Å². The van der Waals surface area contributed by atoms with Crippen molar-refractivity contribution in [3.63, 3.8) is 0 Å². The van der Waals surface area contributed by atoms with E-state index >= 15 is 0 Å². The average molecular weight is 930 g/mol. The summed E-state index contributed by atoms with van der Waals surface area (Å²) in [5.74, 6) is -0.146. The topological polar surface area (TPSA) is 149 Å². The van der Waals surface area contributed by atoms with Crippen LogP contribution in [0.1, 0.15) is 239 Å². The van der Waals surface area contributed by atoms with Gasteiger partial charge < -0.3 is 40.3 Å². The molecule has 1 fully saturated rings. The Labute approximate surface area is 405 Å². The predicted octanol–water partition coefficient (Wildman–Crippen LogP) is 13.1. The van der Waals surface area contributed by atoms with Crippen LogP contribution in [0.4, 0.5) is 0 Å². The molecule has 1 rings (SSSR count). The number of nitrogens with one attached hydrogen (secondary N) is 1. The van der Waals surface area contributed by atoms with Crippen molar-refractivity contribution in [2.75, 3.05) is 13.2 Å². The Hall–Kier alpha value is -2.11. The summed E-state index contributed by atoms with van der Waals surface area (Å²) in [6, 6.07) is -0.719. The SMILES string of the molecule is CC/C=C\C/C=C\C/C=C\C/C=C\C/C=C\CCCCCCCCCCCCCCCCCC(=O)NC(COC1OC(CO)C(O)C(O)C1O)C(O)CCCCCCCCCCCCCC. The Morgan fingerprint density at radius 1 is 0.530 bits per heavy atom. The molecule has 7 unspecified atom stereocenters. The number of carbonyl (C=O) groups excluding carboxylic acids is 1. The number of carbonyl (C=O) groups is 1. The van der Waals surface area contributed by atoms with Gasteiger partial charge in [-0.3, -0.25) is 4.79 Å². The Morgan fingerprint density at radius 3 is 1.39 bits per heavy atom. The first-order chi connectivity index (χ1) is 32.3. The van der Waals surface area contributed by atoms with Gasteiger partial charge in [0.2, 0.25) is 5.91 Å². The van der Waals surface area contributed by atoms with Crippen molar-refractivity contribution in [3.05, 3.63) is 60.8 Å². The van der Waals surface area contributed by atoms with Crippen LogP contribution in [-0.2, 0) is 14.3 Å². The Morgan fingerprint density at radius 2 is 0.939 bits per heavy atom. The zero-order chi connectivity index (χ0) is 48.0. The van der Waals surface area contributed by atoms with E-state index in [0.29, 0.717) is 12.8 Å². The van der Waals surface area contributed by atoms with Crippen molar-refractivity contribution in [2.24, 2.45) is 0 Å². The van der Waals surface area contributed by atoms with Gasteiger partial charge in [-0.2, -0.15) is 0 Å². The first kappa shape index (κ1) is 61.9. The number of rotatable bonds is 46. The van der Waals surface area contributed by atoms with Gasteiger partial charge in [0.25, 0.3) is 0 Å². The monoisotopic (exact) mass is 930 g/mol. The molecular formula is C57H103NO8. The van der Waals surface area contributed by atoms with E-state index in [4.69, 9.17) is 9.47 Å². The highest BCUT2D eigenvalue weighted by molar-refractivity contribution is 5.76. The lowest BCUT2D eigenvalue weighted by Crippen LogP contribution is -2.60. The summed E-state index contributed by atoms with van der Waals surface area (Å²) >= 11 is 0. The van der Waals surface area contributed by atoms with Crippen LogP contribution in [0, 0.1) is 0 Å². The van der Waals surface area contributed by atoms with Gasteiger partial charge in [0.05, 0.1) is 25.4 Å².